The van der Waals surface area contributed by atoms with Gasteiger partial charge < -0.3 is 15.3 Å². The summed E-state index contributed by atoms with van der Waals surface area (Å²) in [5, 5.41) is 12.1. The Labute approximate surface area is 209 Å². The number of aromatic carboxylic acids is 1. The lowest BCUT2D eigenvalue weighted by Crippen LogP contribution is -2.39. The average Bonchev–Trinajstić information content (AvgIpc) is 2.89. The number of hydrogen-bond acceptors (Lipinski definition) is 6. The van der Waals surface area contributed by atoms with Gasteiger partial charge in [0.1, 0.15) is 5.82 Å². The van der Waals surface area contributed by atoms with Crippen molar-refractivity contribution in [3.63, 3.8) is 0 Å². The van der Waals surface area contributed by atoms with E-state index in [2.05, 4.69) is 20.3 Å². The topological polar surface area (TPSA) is 125 Å². The predicted octanol–water partition coefficient (Wildman–Crippen LogP) is 2.80. The van der Waals surface area contributed by atoms with Crippen LogP contribution in [-0.2, 0) is 17.6 Å². The van der Waals surface area contributed by atoms with Crippen LogP contribution in [0.25, 0.3) is 0 Å². The average molecular weight is 488 g/mol. The minimum atomic E-state index is -0.979. The van der Waals surface area contributed by atoms with Crippen LogP contribution in [-0.4, -0.2) is 62.4 Å². The molecule has 1 aliphatic heterocycles. The standard InChI is InChI=1S/C27H29N5O4/c1-18-30-17-23(26(34)29-11-7-19-4-2-6-22(14-19)27(35)36)25(31-18)21-8-12-32(13-9-21)24(33)15-20-5-3-10-28-16-20/h2-6,10,14,16-17,21H,7-9,11-13,15H2,1H3,(H,29,34)(H,35,36). The third-order valence-electron chi connectivity index (χ3n) is 6.37. The van der Waals surface area contributed by atoms with Crippen LogP contribution in [0.2, 0.25) is 0 Å². The van der Waals surface area contributed by atoms with Gasteiger partial charge in [0.25, 0.3) is 5.91 Å². The molecule has 1 saturated heterocycles. The van der Waals surface area contributed by atoms with E-state index in [4.69, 9.17) is 5.11 Å². The third kappa shape index (κ3) is 6.29. The van der Waals surface area contributed by atoms with Crippen molar-refractivity contribution in [2.75, 3.05) is 19.6 Å². The molecule has 2 amide bonds. The number of carbonyl (C=O) groups is 3. The van der Waals surface area contributed by atoms with Crippen molar-refractivity contribution in [2.24, 2.45) is 0 Å². The number of benzene rings is 1. The molecule has 3 aromatic rings. The Morgan fingerprint density at radius 1 is 1.08 bits per heavy atom. The van der Waals surface area contributed by atoms with Gasteiger partial charge >= 0.3 is 5.97 Å². The summed E-state index contributed by atoms with van der Waals surface area (Å²) in [7, 11) is 0. The Hall–Kier alpha value is -4.14. The number of carboxylic acid groups (broad SMARTS) is 1. The van der Waals surface area contributed by atoms with Gasteiger partial charge in [-0.25, -0.2) is 14.8 Å². The maximum absolute atomic E-state index is 13.0. The van der Waals surface area contributed by atoms with E-state index in [1.807, 2.05) is 23.1 Å². The molecule has 0 atom stereocenters. The van der Waals surface area contributed by atoms with E-state index in [-0.39, 0.29) is 23.3 Å². The highest BCUT2D eigenvalue weighted by molar-refractivity contribution is 5.95. The summed E-state index contributed by atoms with van der Waals surface area (Å²) in [6, 6.07) is 10.4. The van der Waals surface area contributed by atoms with E-state index in [9.17, 15) is 14.4 Å². The van der Waals surface area contributed by atoms with Crippen LogP contribution in [0.15, 0.2) is 55.0 Å². The fourth-order valence-corrected chi connectivity index (χ4v) is 4.44. The Bertz CT molecular complexity index is 1240. The minimum absolute atomic E-state index is 0.0575. The summed E-state index contributed by atoms with van der Waals surface area (Å²) >= 11 is 0. The molecular weight excluding hydrogens is 458 g/mol. The first kappa shape index (κ1) is 25.0. The zero-order chi connectivity index (χ0) is 25.5. The number of hydrogen-bond donors (Lipinski definition) is 2. The van der Waals surface area contributed by atoms with E-state index in [1.54, 1.807) is 37.6 Å². The predicted molar refractivity (Wildman–Crippen MR) is 133 cm³/mol. The van der Waals surface area contributed by atoms with Crippen LogP contribution in [0.1, 0.15) is 62.1 Å². The number of likely N-dealkylation sites (tertiary alicyclic amines) is 1. The molecule has 2 aromatic heterocycles. The van der Waals surface area contributed by atoms with Crippen molar-refractivity contribution >= 4 is 17.8 Å². The summed E-state index contributed by atoms with van der Waals surface area (Å²) in [5.41, 5.74) is 3.11. The Balaban J connectivity index is 1.36. The summed E-state index contributed by atoms with van der Waals surface area (Å²) in [5.74, 6) is -0.504. The number of carboxylic acids is 1. The molecule has 4 rings (SSSR count). The van der Waals surface area contributed by atoms with Crippen molar-refractivity contribution < 1.29 is 19.5 Å². The van der Waals surface area contributed by atoms with Crippen molar-refractivity contribution in [2.45, 2.75) is 38.5 Å². The number of rotatable bonds is 8. The van der Waals surface area contributed by atoms with Gasteiger partial charge in [-0.05, 0) is 55.5 Å². The molecule has 0 bridgehead atoms. The van der Waals surface area contributed by atoms with Gasteiger partial charge in [0.15, 0.2) is 0 Å². The second-order valence-electron chi connectivity index (χ2n) is 8.92. The molecule has 0 spiro atoms. The smallest absolute Gasteiger partial charge is 0.335 e. The van der Waals surface area contributed by atoms with Gasteiger partial charge in [0, 0.05) is 44.1 Å². The molecule has 0 radical (unpaired) electrons. The number of amides is 2. The van der Waals surface area contributed by atoms with Crippen LogP contribution in [0, 0.1) is 6.92 Å². The molecular formula is C27H29N5O4. The second kappa shape index (κ2) is 11.5. The minimum Gasteiger partial charge on any atom is -0.478 e. The number of pyridine rings is 1. The fourth-order valence-electron chi connectivity index (χ4n) is 4.44. The van der Waals surface area contributed by atoms with Gasteiger partial charge in [-0.15, -0.1) is 0 Å². The fraction of sp³-hybridized carbons (Fsp3) is 0.333. The Morgan fingerprint density at radius 3 is 2.58 bits per heavy atom. The molecule has 2 N–H and O–H groups in total. The van der Waals surface area contributed by atoms with Crippen molar-refractivity contribution in [3.8, 4) is 0 Å². The van der Waals surface area contributed by atoms with E-state index in [0.717, 1.165) is 24.0 Å². The molecule has 3 heterocycles. The molecule has 1 aromatic carbocycles. The Kier molecular flexibility index (Phi) is 7.99. The van der Waals surface area contributed by atoms with Crippen molar-refractivity contribution in [3.05, 3.63) is 88.8 Å². The van der Waals surface area contributed by atoms with Gasteiger partial charge in [-0.2, -0.15) is 0 Å². The lowest BCUT2D eigenvalue weighted by Gasteiger charge is -2.32. The van der Waals surface area contributed by atoms with E-state index >= 15 is 0 Å². The van der Waals surface area contributed by atoms with E-state index in [0.29, 0.717) is 49.6 Å². The highest BCUT2D eigenvalue weighted by Crippen LogP contribution is 2.29. The maximum Gasteiger partial charge on any atom is 0.335 e. The van der Waals surface area contributed by atoms with Gasteiger partial charge in [0.2, 0.25) is 5.91 Å². The van der Waals surface area contributed by atoms with E-state index < -0.39 is 5.97 Å². The summed E-state index contributed by atoms with van der Waals surface area (Å²) < 4.78 is 0. The van der Waals surface area contributed by atoms with Crippen LogP contribution >= 0.6 is 0 Å². The number of nitrogens with zero attached hydrogens (tertiary/aromatic N) is 4. The van der Waals surface area contributed by atoms with Crippen LogP contribution in [0.5, 0.6) is 0 Å². The molecule has 36 heavy (non-hydrogen) atoms. The monoisotopic (exact) mass is 487 g/mol. The van der Waals surface area contributed by atoms with Gasteiger partial charge in [-0.1, -0.05) is 18.2 Å². The molecule has 1 aliphatic rings. The Morgan fingerprint density at radius 2 is 1.86 bits per heavy atom. The third-order valence-corrected chi connectivity index (χ3v) is 6.37. The maximum atomic E-state index is 13.0. The van der Waals surface area contributed by atoms with Crippen LogP contribution in [0.4, 0.5) is 0 Å². The van der Waals surface area contributed by atoms with E-state index in [1.165, 1.54) is 6.07 Å². The van der Waals surface area contributed by atoms with Crippen LogP contribution in [0.3, 0.4) is 0 Å². The number of carbonyl (C=O) groups excluding carboxylic acids is 2. The molecule has 1 fully saturated rings. The number of aromatic nitrogens is 3. The first-order valence-corrected chi connectivity index (χ1v) is 12.0. The highest BCUT2D eigenvalue weighted by Gasteiger charge is 2.28. The first-order valence-electron chi connectivity index (χ1n) is 12.0. The quantitative estimate of drug-likeness (QED) is 0.500. The summed E-state index contributed by atoms with van der Waals surface area (Å²) in [6.45, 7) is 3.37. The summed E-state index contributed by atoms with van der Waals surface area (Å²) in [4.78, 5) is 51.7. The molecule has 9 nitrogen and oxygen atoms in total. The van der Waals surface area contributed by atoms with Gasteiger partial charge in [-0.3, -0.25) is 14.6 Å². The normalized spacial score (nSPS) is 13.9. The van der Waals surface area contributed by atoms with Crippen molar-refractivity contribution in [1.82, 2.24) is 25.2 Å². The number of nitrogens with one attached hydrogen (secondary N) is 1. The van der Waals surface area contributed by atoms with Crippen LogP contribution < -0.4 is 5.32 Å². The zero-order valence-corrected chi connectivity index (χ0v) is 20.2. The molecule has 0 saturated carbocycles. The largest absolute Gasteiger partial charge is 0.478 e. The number of aryl methyl sites for hydroxylation is 1. The second-order valence-corrected chi connectivity index (χ2v) is 8.92. The SMILES string of the molecule is Cc1ncc(C(=O)NCCc2cccc(C(=O)O)c2)c(C2CCN(C(=O)Cc3cccnc3)CC2)n1. The number of piperidine rings is 1. The highest BCUT2D eigenvalue weighted by atomic mass is 16.4. The molecule has 9 heteroatoms. The van der Waals surface area contributed by atoms with Crippen molar-refractivity contribution in [1.29, 1.82) is 0 Å². The van der Waals surface area contributed by atoms with Gasteiger partial charge in [0.05, 0.1) is 23.2 Å². The first-order chi connectivity index (χ1) is 17.4. The molecule has 0 aliphatic carbocycles. The zero-order valence-electron chi connectivity index (χ0n) is 20.2. The lowest BCUT2D eigenvalue weighted by molar-refractivity contribution is -0.131. The summed E-state index contributed by atoms with van der Waals surface area (Å²) in [6.07, 6.45) is 7.24. The lowest BCUT2D eigenvalue weighted by atomic mass is 9.90. The molecule has 186 valence electrons. The molecule has 0 unspecified atom stereocenters.